The van der Waals surface area contributed by atoms with E-state index in [-0.39, 0.29) is 16.8 Å². The number of benzene rings is 1. The second kappa shape index (κ2) is 8.28. The van der Waals surface area contributed by atoms with Gasteiger partial charge in [-0.1, -0.05) is 12.1 Å². The van der Waals surface area contributed by atoms with Crippen LogP contribution in [0, 0.1) is 0 Å². The highest BCUT2D eigenvalue weighted by Crippen LogP contribution is 2.22. The van der Waals surface area contributed by atoms with Gasteiger partial charge in [0.25, 0.3) is 15.9 Å². The van der Waals surface area contributed by atoms with Crippen LogP contribution >= 0.6 is 0 Å². The van der Waals surface area contributed by atoms with Gasteiger partial charge >= 0.3 is 5.97 Å². The summed E-state index contributed by atoms with van der Waals surface area (Å²) < 4.78 is 36.1. The smallest absolute Gasteiger partial charge is 0.331 e. The average Bonchev–Trinajstić information content (AvgIpc) is 2.83. The number of nitrogens with zero attached hydrogens (tertiary/aromatic N) is 1. The molecule has 0 bridgehead atoms. The Morgan fingerprint density at radius 3 is 2.65 bits per heavy atom. The molecule has 142 valence electrons. The van der Waals surface area contributed by atoms with Crippen LogP contribution in [0.1, 0.15) is 19.4 Å². The molecule has 10 heteroatoms. The Bertz CT molecular complexity index is 821. The van der Waals surface area contributed by atoms with E-state index < -0.39 is 34.5 Å². The summed E-state index contributed by atoms with van der Waals surface area (Å²) in [4.78, 5) is 27.9. The highest BCUT2D eigenvalue weighted by Gasteiger charge is 2.31. The van der Waals surface area contributed by atoms with E-state index >= 15 is 0 Å². The summed E-state index contributed by atoms with van der Waals surface area (Å²) in [5.41, 5.74) is 0.387. The number of aliphatic imine (C=N–C) groups is 1. The SMILES string of the molecule is COCC(C)NC(=O)COC(=O)C(C)N=C1NS(=O)(=O)c2ccccc21. The number of amides is 1. The first-order valence-corrected chi connectivity index (χ1v) is 9.38. The molecule has 0 aromatic heterocycles. The van der Waals surface area contributed by atoms with Gasteiger partial charge in [0.1, 0.15) is 11.9 Å². The lowest BCUT2D eigenvalue weighted by atomic mass is 10.2. The molecule has 2 rings (SSSR count). The summed E-state index contributed by atoms with van der Waals surface area (Å²) in [6, 6.07) is 5.12. The lowest BCUT2D eigenvalue weighted by Crippen LogP contribution is -2.39. The second-order valence-corrected chi connectivity index (χ2v) is 7.44. The molecule has 2 unspecified atom stereocenters. The predicted octanol–water partition coefficient (Wildman–Crippen LogP) is -0.192. The van der Waals surface area contributed by atoms with E-state index in [0.717, 1.165) is 0 Å². The van der Waals surface area contributed by atoms with Crippen LogP contribution in [0.4, 0.5) is 0 Å². The molecule has 0 spiro atoms. The maximum absolute atomic E-state index is 12.0. The Balaban J connectivity index is 1.97. The third-order valence-corrected chi connectivity index (χ3v) is 4.89. The van der Waals surface area contributed by atoms with Crippen molar-refractivity contribution in [3.05, 3.63) is 29.8 Å². The third-order valence-electron chi connectivity index (χ3n) is 3.50. The van der Waals surface area contributed by atoms with Crippen molar-refractivity contribution in [2.75, 3.05) is 20.3 Å². The minimum absolute atomic E-state index is 0.0724. The van der Waals surface area contributed by atoms with Gasteiger partial charge in [-0.25, -0.2) is 13.2 Å². The average molecular weight is 383 g/mol. The van der Waals surface area contributed by atoms with Gasteiger partial charge in [0.15, 0.2) is 6.61 Å². The summed E-state index contributed by atoms with van der Waals surface area (Å²) in [6.45, 7) is 3.09. The fraction of sp³-hybridized carbons (Fsp3) is 0.438. The van der Waals surface area contributed by atoms with E-state index in [1.807, 2.05) is 0 Å². The molecule has 26 heavy (non-hydrogen) atoms. The molecule has 1 aliphatic heterocycles. The number of carbonyl (C=O) groups excluding carboxylic acids is 2. The molecule has 0 radical (unpaired) electrons. The number of rotatable bonds is 7. The minimum atomic E-state index is -3.68. The molecule has 1 heterocycles. The quantitative estimate of drug-likeness (QED) is 0.629. The number of ether oxygens (including phenoxy) is 2. The van der Waals surface area contributed by atoms with Crippen LogP contribution in [0.3, 0.4) is 0 Å². The van der Waals surface area contributed by atoms with Crippen LogP contribution in [-0.2, 0) is 29.1 Å². The number of methoxy groups -OCH3 is 1. The van der Waals surface area contributed by atoms with Crippen molar-refractivity contribution in [3.8, 4) is 0 Å². The first-order valence-electron chi connectivity index (χ1n) is 7.89. The van der Waals surface area contributed by atoms with Crippen molar-refractivity contribution in [2.45, 2.75) is 30.8 Å². The van der Waals surface area contributed by atoms with Crippen LogP contribution in [0.25, 0.3) is 0 Å². The van der Waals surface area contributed by atoms with Gasteiger partial charge < -0.3 is 14.8 Å². The van der Waals surface area contributed by atoms with E-state index in [1.165, 1.54) is 20.1 Å². The fourth-order valence-corrected chi connectivity index (χ4v) is 3.58. The Labute approximate surface area is 151 Å². The molecule has 1 amide bonds. The maximum atomic E-state index is 12.0. The number of fused-ring (bicyclic) bond motifs is 1. The summed E-state index contributed by atoms with van der Waals surface area (Å²) in [5, 5.41) is 2.60. The van der Waals surface area contributed by atoms with E-state index in [4.69, 9.17) is 9.47 Å². The molecule has 0 fully saturated rings. The number of amidine groups is 1. The lowest BCUT2D eigenvalue weighted by molar-refractivity contribution is -0.149. The maximum Gasteiger partial charge on any atom is 0.331 e. The first kappa shape index (κ1) is 19.9. The fourth-order valence-electron chi connectivity index (χ4n) is 2.34. The van der Waals surface area contributed by atoms with Crippen molar-refractivity contribution in [3.63, 3.8) is 0 Å². The van der Waals surface area contributed by atoms with Crippen molar-refractivity contribution in [1.29, 1.82) is 0 Å². The summed E-state index contributed by atoms with van der Waals surface area (Å²) in [5.74, 6) is -1.13. The molecule has 2 N–H and O–H groups in total. The number of carbonyl (C=O) groups is 2. The van der Waals surface area contributed by atoms with E-state index in [9.17, 15) is 18.0 Å². The number of nitrogens with one attached hydrogen (secondary N) is 2. The Morgan fingerprint density at radius 1 is 1.27 bits per heavy atom. The molecule has 9 nitrogen and oxygen atoms in total. The number of esters is 1. The standard InChI is InChI=1S/C16H21N3O6S/c1-10(8-24-3)17-14(20)9-25-16(21)11(2)18-15-12-6-4-5-7-13(12)26(22,23)19-15/h4-7,10-11H,8-9H2,1-3H3,(H,17,20)(H,18,19). The summed E-state index contributed by atoms with van der Waals surface area (Å²) in [6.07, 6.45) is 0. The second-order valence-electron chi connectivity index (χ2n) is 5.79. The third kappa shape index (κ3) is 4.79. The van der Waals surface area contributed by atoms with Crippen LogP contribution in [0.5, 0.6) is 0 Å². The Morgan fingerprint density at radius 2 is 1.96 bits per heavy atom. The predicted molar refractivity (Wildman–Crippen MR) is 93.2 cm³/mol. The van der Waals surface area contributed by atoms with Gasteiger partial charge in [-0.05, 0) is 26.0 Å². The van der Waals surface area contributed by atoms with E-state index in [0.29, 0.717) is 12.2 Å². The Hall–Kier alpha value is -2.46. The molecule has 0 saturated carbocycles. The van der Waals surface area contributed by atoms with Gasteiger partial charge in [0, 0.05) is 18.7 Å². The highest BCUT2D eigenvalue weighted by molar-refractivity contribution is 7.90. The normalized spacial score (nSPS) is 18.5. The number of hydrogen-bond donors (Lipinski definition) is 2. The lowest BCUT2D eigenvalue weighted by Gasteiger charge is -2.13. The molecule has 1 aromatic rings. The van der Waals surface area contributed by atoms with Gasteiger partial charge in [-0.15, -0.1) is 0 Å². The van der Waals surface area contributed by atoms with Gasteiger partial charge in [-0.3, -0.25) is 14.5 Å². The molecule has 0 aliphatic carbocycles. The zero-order valence-corrected chi connectivity index (χ0v) is 15.5. The van der Waals surface area contributed by atoms with Crippen molar-refractivity contribution in [1.82, 2.24) is 10.0 Å². The van der Waals surface area contributed by atoms with Crippen molar-refractivity contribution >= 4 is 27.7 Å². The van der Waals surface area contributed by atoms with Crippen LogP contribution in [0.15, 0.2) is 34.2 Å². The zero-order chi connectivity index (χ0) is 19.3. The zero-order valence-electron chi connectivity index (χ0n) is 14.7. The van der Waals surface area contributed by atoms with Gasteiger partial charge in [0.2, 0.25) is 0 Å². The molecular weight excluding hydrogens is 362 g/mol. The number of hydrogen-bond acceptors (Lipinski definition) is 7. The van der Waals surface area contributed by atoms with Crippen molar-refractivity contribution < 1.29 is 27.5 Å². The van der Waals surface area contributed by atoms with Gasteiger partial charge in [-0.2, -0.15) is 0 Å². The van der Waals surface area contributed by atoms with Crippen molar-refractivity contribution in [2.24, 2.45) is 4.99 Å². The van der Waals surface area contributed by atoms with E-state index in [1.54, 1.807) is 25.1 Å². The van der Waals surface area contributed by atoms with Crippen LogP contribution in [0.2, 0.25) is 0 Å². The number of sulfonamides is 1. The molecule has 1 aromatic carbocycles. The molecule has 0 saturated heterocycles. The Kier molecular flexibility index (Phi) is 6.32. The van der Waals surface area contributed by atoms with Gasteiger partial charge in [0.05, 0.1) is 11.5 Å². The monoisotopic (exact) mass is 383 g/mol. The summed E-state index contributed by atoms with van der Waals surface area (Å²) >= 11 is 0. The van der Waals surface area contributed by atoms with E-state index in [2.05, 4.69) is 15.0 Å². The largest absolute Gasteiger partial charge is 0.454 e. The minimum Gasteiger partial charge on any atom is -0.454 e. The highest BCUT2D eigenvalue weighted by atomic mass is 32.2. The van der Waals surface area contributed by atoms with Crippen LogP contribution in [-0.4, -0.2) is 58.5 Å². The molecular formula is C16H21N3O6S. The topological polar surface area (TPSA) is 123 Å². The molecule has 2 atom stereocenters. The van der Waals surface area contributed by atoms with Crippen LogP contribution < -0.4 is 10.0 Å². The first-order chi connectivity index (χ1) is 12.2. The summed E-state index contributed by atoms with van der Waals surface area (Å²) in [7, 11) is -2.17. The molecule has 1 aliphatic rings.